The molecule has 0 atom stereocenters. The van der Waals surface area contributed by atoms with Gasteiger partial charge in [-0.05, 0) is 51.8 Å². The van der Waals surface area contributed by atoms with E-state index in [1.165, 1.54) is 6.07 Å². The predicted octanol–water partition coefficient (Wildman–Crippen LogP) is 2.00. The summed E-state index contributed by atoms with van der Waals surface area (Å²) in [5.74, 6) is -0.897. The zero-order valence-electron chi connectivity index (χ0n) is 15.5. The van der Waals surface area contributed by atoms with Gasteiger partial charge in [0.05, 0.1) is 16.7 Å². The van der Waals surface area contributed by atoms with E-state index in [4.69, 9.17) is 5.73 Å². The van der Waals surface area contributed by atoms with Crippen LogP contribution >= 0.6 is 0 Å². The normalized spacial score (nSPS) is 17.2. The number of aromatic nitrogens is 3. The number of rotatable bonds is 4. The van der Waals surface area contributed by atoms with Crippen molar-refractivity contribution < 1.29 is 14.3 Å². The van der Waals surface area contributed by atoms with E-state index in [0.717, 1.165) is 37.6 Å². The first-order valence-electron chi connectivity index (χ1n) is 9.16. The standard InChI is InChI=1S/C19H24FN5O2/c1-19(2,27)10-24-5-3-11(4-6-24)14-9-22-25-16-13(17(21)26)7-12(20)8-15(16)23-18(14)25/h7-9,11,22,27H,3-6,10H2,1-2H3,(H2,21,26). The molecule has 0 spiro atoms. The van der Waals surface area contributed by atoms with Crippen molar-refractivity contribution in [2.24, 2.45) is 5.73 Å². The lowest BCUT2D eigenvalue weighted by Gasteiger charge is -2.35. The van der Waals surface area contributed by atoms with Crippen LogP contribution in [-0.2, 0) is 0 Å². The average molecular weight is 373 g/mol. The van der Waals surface area contributed by atoms with Crippen LogP contribution in [0.4, 0.5) is 4.39 Å². The second-order valence-corrected chi connectivity index (χ2v) is 8.05. The van der Waals surface area contributed by atoms with Gasteiger partial charge in [0, 0.05) is 24.4 Å². The number of hydrogen-bond donors (Lipinski definition) is 3. The molecule has 7 nitrogen and oxygen atoms in total. The summed E-state index contributed by atoms with van der Waals surface area (Å²) < 4.78 is 15.5. The second-order valence-electron chi connectivity index (χ2n) is 8.05. The van der Waals surface area contributed by atoms with Gasteiger partial charge in [-0.2, -0.15) is 0 Å². The molecular weight excluding hydrogens is 349 g/mol. The van der Waals surface area contributed by atoms with Crippen molar-refractivity contribution in [3.05, 3.63) is 35.3 Å². The van der Waals surface area contributed by atoms with Gasteiger partial charge in [0.2, 0.25) is 0 Å². The maximum Gasteiger partial charge on any atom is 0.251 e. The topological polar surface area (TPSA) is 99.7 Å². The lowest BCUT2D eigenvalue weighted by molar-refractivity contribution is 0.0282. The number of β-amino-alcohol motifs (C(OH)–C–C–N with tert-alkyl or cyclic N) is 1. The van der Waals surface area contributed by atoms with Gasteiger partial charge >= 0.3 is 0 Å². The maximum absolute atomic E-state index is 13.8. The SMILES string of the molecule is CC(C)(O)CN1CCC(c2c[nH]n3c2nc2cc(F)cc(C(N)=O)c23)CC1. The number of aromatic amines is 1. The Morgan fingerprint density at radius 3 is 2.74 bits per heavy atom. The molecule has 1 saturated heterocycles. The van der Waals surface area contributed by atoms with Crippen LogP contribution in [0, 0.1) is 5.82 Å². The highest BCUT2D eigenvalue weighted by Crippen LogP contribution is 2.33. The molecular formula is C19H24FN5O2. The largest absolute Gasteiger partial charge is 0.389 e. The predicted molar refractivity (Wildman–Crippen MR) is 100 cm³/mol. The number of piperidine rings is 1. The number of benzene rings is 1. The van der Waals surface area contributed by atoms with E-state index in [2.05, 4.69) is 15.0 Å². The van der Waals surface area contributed by atoms with E-state index in [1.807, 2.05) is 20.0 Å². The minimum Gasteiger partial charge on any atom is -0.389 e. The van der Waals surface area contributed by atoms with Gasteiger partial charge in [-0.25, -0.2) is 13.9 Å². The lowest BCUT2D eigenvalue weighted by Crippen LogP contribution is -2.42. The van der Waals surface area contributed by atoms with Crippen LogP contribution in [0.15, 0.2) is 18.3 Å². The molecule has 0 unspecified atom stereocenters. The van der Waals surface area contributed by atoms with Crippen LogP contribution in [0.25, 0.3) is 16.7 Å². The zero-order valence-corrected chi connectivity index (χ0v) is 15.5. The fourth-order valence-corrected chi connectivity index (χ4v) is 4.13. The third-order valence-electron chi connectivity index (χ3n) is 5.23. The number of primary amides is 1. The number of amides is 1. The van der Waals surface area contributed by atoms with Gasteiger partial charge in [0.1, 0.15) is 11.3 Å². The highest BCUT2D eigenvalue weighted by atomic mass is 19.1. The van der Waals surface area contributed by atoms with E-state index in [0.29, 0.717) is 29.1 Å². The Hall–Kier alpha value is -2.45. The van der Waals surface area contributed by atoms with Gasteiger partial charge in [0.25, 0.3) is 5.91 Å². The van der Waals surface area contributed by atoms with Crippen LogP contribution in [0.2, 0.25) is 0 Å². The van der Waals surface area contributed by atoms with E-state index in [9.17, 15) is 14.3 Å². The highest BCUT2D eigenvalue weighted by molar-refractivity contribution is 6.05. The van der Waals surface area contributed by atoms with Crippen molar-refractivity contribution in [3.63, 3.8) is 0 Å². The molecule has 4 rings (SSSR count). The number of H-pyrrole nitrogens is 1. The number of halogens is 1. The number of carbonyl (C=O) groups is 1. The van der Waals surface area contributed by atoms with E-state index < -0.39 is 17.3 Å². The Morgan fingerprint density at radius 1 is 1.41 bits per heavy atom. The smallest absolute Gasteiger partial charge is 0.251 e. The molecule has 1 aromatic carbocycles. The molecule has 144 valence electrons. The molecule has 0 aliphatic carbocycles. The third-order valence-corrected chi connectivity index (χ3v) is 5.23. The quantitative estimate of drug-likeness (QED) is 0.651. The first-order valence-corrected chi connectivity index (χ1v) is 9.16. The third kappa shape index (κ3) is 3.30. The van der Waals surface area contributed by atoms with Crippen LogP contribution in [0.1, 0.15) is 48.5 Å². The summed E-state index contributed by atoms with van der Waals surface area (Å²) in [6.07, 6.45) is 3.81. The fourth-order valence-electron chi connectivity index (χ4n) is 4.13. The molecule has 1 amide bonds. The molecule has 4 N–H and O–H groups in total. The zero-order chi connectivity index (χ0) is 19.3. The molecule has 0 radical (unpaired) electrons. The number of carbonyl (C=O) groups excluding carboxylic acids is 1. The second kappa shape index (κ2) is 6.31. The summed E-state index contributed by atoms with van der Waals surface area (Å²) in [5.41, 5.74) is 7.53. The summed E-state index contributed by atoms with van der Waals surface area (Å²) in [6, 6.07) is 2.47. The number of nitrogens with one attached hydrogen (secondary N) is 1. The number of imidazole rings is 1. The van der Waals surface area contributed by atoms with E-state index >= 15 is 0 Å². The van der Waals surface area contributed by atoms with Gasteiger partial charge in [0.15, 0.2) is 5.65 Å². The summed E-state index contributed by atoms with van der Waals surface area (Å²) in [5, 5.41) is 13.1. The van der Waals surface area contributed by atoms with Gasteiger partial charge in [-0.3, -0.25) is 9.89 Å². The minimum atomic E-state index is -0.704. The molecule has 8 heteroatoms. The number of nitrogens with zero attached hydrogens (tertiary/aromatic N) is 3. The molecule has 1 aliphatic heterocycles. The van der Waals surface area contributed by atoms with Crippen LogP contribution < -0.4 is 5.73 Å². The van der Waals surface area contributed by atoms with Gasteiger partial charge < -0.3 is 15.7 Å². The Balaban J connectivity index is 1.67. The van der Waals surface area contributed by atoms with Crippen molar-refractivity contribution in [1.82, 2.24) is 19.5 Å². The highest BCUT2D eigenvalue weighted by Gasteiger charge is 2.27. The first-order chi connectivity index (χ1) is 12.7. The lowest BCUT2D eigenvalue weighted by atomic mass is 9.90. The maximum atomic E-state index is 13.8. The molecule has 3 aromatic rings. The monoisotopic (exact) mass is 373 g/mol. The Morgan fingerprint density at radius 2 is 2.11 bits per heavy atom. The Kier molecular flexibility index (Phi) is 4.20. The van der Waals surface area contributed by atoms with Crippen LogP contribution in [-0.4, -0.2) is 55.7 Å². The summed E-state index contributed by atoms with van der Waals surface area (Å²) in [7, 11) is 0. The first kappa shape index (κ1) is 17.9. The summed E-state index contributed by atoms with van der Waals surface area (Å²) in [4.78, 5) is 18.6. The van der Waals surface area contributed by atoms with Crippen molar-refractivity contribution in [3.8, 4) is 0 Å². The number of fused-ring (bicyclic) bond motifs is 3. The van der Waals surface area contributed by atoms with Crippen LogP contribution in [0.5, 0.6) is 0 Å². The Labute approximate surface area is 155 Å². The average Bonchev–Trinajstić information content (AvgIpc) is 3.12. The van der Waals surface area contributed by atoms with Crippen molar-refractivity contribution >= 4 is 22.6 Å². The minimum absolute atomic E-state index is 0.117. The summed E-state index contributed by atoms with van der Waals surface area (Å²) >= 11 is 0. The molecule has 2 aromatic heterocycles. The fraction of sp³-hybridized carbons (Fsp3) is 0.474. The number of aliphatic hydroxyl groups is 1. The number of nitrogens with two attached hydrogens (primary N) is 1. The molecule has 27 heavy (non-hydrogen) atoms. The molecule has 0 bridgehead atoms. The van der Waals surface area contributed by atoms with E-state index in [-0.39, 0.29) is 5.56 Å². The van der Waals surface area contributed by atoms with Crippen molar-refractivity contribution in [1.29, 1.82) is 0 Å². The van der Waals surface area contributed by atoms with Crippen LogP contribution in [0.3, 0.4) is 0 Å². The molecule has 1 aliphatic rings. The molecule has 3 heterocycles. The van der Waals surface area contributed by atoms with Gasteiger partial charge in [-0.1, -0.05) is 0 Å². The Bertz CT molecular complexity index is 1010. The molecule has 1 fully saturated rings. The number of likely N-dealkylation sites (tertiary alicyclic amines) is 1. The van der Waals surface area contributed by atoms with Crippen molar-refractivity contribution in [2.45, 2.75) is 38.2 Å². The summed E-state index contributed by atoms with van der Waals surface area (Å²) in [6.45, 7) is 6.08. The van der Waals surface area contributed by atoms with E-state index in [1.54, 1.807) is 4.52 Å². The van der Waals surface area contributed by atoms with Gasteiger partial charge in [-0.15, -0.1) is 0 Å². The number of hydrogen-bond acceptors (Lipinski definition) is 4. The van der Waals surface area contributed by atoms with Crippen molar-refractivity contribution in [2.75, 3.05) is 19.6 Å². The molecule has 0 saturated carbocycles.